The van der Waals surface area contributed by atoms with Crippen molar-refractivity contribution in [2.75, 3.05) is 39.3 Å². The van der Waals surface area contributed by atoms with Crippen molar-refractivity contribution in [2.45, 2.75) is 45.8 Å². The zero-order chi connectivity index (χ0) is 19.2. The van der Waals surface area contributed by atoms with E-state index in [0.29, 0.717) is 32.7 Å². The second kappa shape index (κ2) is 9.22. The lowest BCUT2D eigenvalue weighted by Gasteiger charge is -2.35. The summed E-state index contributed by atoms with van der Waals surface area (Å²) in [5.41, 5.74) is 1.14. The molecule has 1 fully saturated rings. The molecule has 2 aliphatic heterocycles. The van der Waals surface area contributed by atoms with Crippen LogP contribution in [0.5, 0.6) is 5.75 Å². The number of piperazine rings is 1. The van der Waals surface area contributed by atoms with Crippen molar-refractivity contribution in [1.29, 1.82) is 0 Å². The van der Waals surface area contributed by atoms with Crippen LogP contribution in [0.1, 0.15) is 38.7 Å². The van der Waals surface area contributed by atoms with E-state index < -0.39 is 0 Å². The molecule has 0 saturated carbocycles. The van der Waals surface area contributed by atoms with Crippen LogP contribution in [0.4, 0.5) is 0 Å². The Balaban J connectivity index is 1.62. The van der Waals surface area contributed by atoms with Crippen molar-refractivity contribution in [3.05, 3.63) is 29.8 Å². The average molecular weight is 373 g/mol. The summed E-state index contributed by atoms with van der Waals surface area (Å²) in [6.07, 6.45) is 3.39. The average Bonchev–Trinajstić information content (AvgIpc) is 2.84. The molecule has 0 unspecified atom stereocenters. The Morgan fingerprint density at radius 1 is 1.11 bits per heavy atom. The van der Waals surface area contributed by atoms with Crippen LogP contribution >= 0.6 is 0 Å². The smallest absolute Gasteiger partial charge is 0.236 e. The summed E-state index contributed by atoms with van der Waals surface area (Å²) < 4.78 is 6.25. The zero-order valence-corrected chi connectivity index (χ0v) is 16.5. The van der Waals surface area contributed by atoms with Gasteiger partial charge in [0, 0.05) is 51.8 Å². The number of carbonyl (C=O) groups is 2. The van der Waals surface area contributed by atoms with Crippen LogP contribution in [0.2, 0.25) is 0 Å². The summed E-state index contributed by atoms with van der Waals surface area (Å²) in [7, 11) is 0. The number of nitrogens with zero attached hydrogens (tertiary/aromatic N) is 3. The maximum Gasteiger partial charge on any atom is 0.236 e. The number of para-hydroxylation sites is 1. The lowest BCUT2D eigenvalue weighted by atomic mass is 10.1. The molecule has 2 heterocycles. The summed E-state index contributed by atoms with van der Waals surface area (Å²) in [4.78, 5) is 30.2. The van der Waals surface area contributed by atoms with Crippen LogP contribution in [0.15, 0.2) is 24.3 Å². The van der Waals surface area contributed by atoms with Crippen LogP contribution in [0.25, 0.3) is 0 Å². The van der Waals surface area contributed by atoms with E-state index in [-0.39, 0.29) is 17.9 Å². The van der Waals surface area contributed by atoms with Gasteiger partial charge in [-0.2, -0.15) is 0 Å². The van der Waals surface area contributed by atoms with Gasteiger partial charge in [0.25, 0.3) is 0 Å². The van der Waals surface area contributed by atoms with Gasteiger partial charge >= 0.3 is 0 Å². The predicted octanol–water partition coefficient (Wildman–Crippen LogP) is 2.13. The topological polar surface area (TPSA) is 53.1 Å². The molecule has 1 aromatic carbocycles. The van der Waals surface area contributed by atoms with E-state index in [1.54, 1.807) is 11.8 Å². The third-order valence-electron chi connectivity index (χ3n) is 5.44. The van der Waals surface area contributed by atoms with Crippen molar-refractivity contribution >= 4 is 11.8 Å². The minimum absolute atomic E-state index is 0.0853. The molecule has 6 nitrogen and oxygen atoms in total. The molecule has 3 rings (SSSR count). The van der Waals surface area contributed by atoms with E-state index >= 15 is 0 Å². The van der Waals surface area contributed by atoms with Gasteiger partial charge in [-0.3, -0.25) is 14.5 Å². The molecule has 27 heavy (non-hydrogen) atoms. The number of carbonyl (C=O) groups excluding carboxylic acids is 2. The number of hydrogen-bond acceptors (Lipinski definition) is 4. The van der Waals surface area contributed by atoms with Crippen molar-refractivity contribution in [3.8, 4) is 5.75 Å². The number of ether oxygens (including phenoxy) is 1. The first-order valence-electron chi connectivity index (χ1n) is 10.1. The molecule has 0 radical (unpaired) electrons. The van der Waals surface area contributed by atoms with Gasteiger partial charge in [-0.25, -0.2) is 0 Å². The lowest BCUT2D eigenvalue weighted by Crippen LogP contribution is -2.52. The van der Waals surface area contributed by atoms with Crippen molar-refractivity contribution < 1.29 is 14.3 Å². The maximum absolute atomic E-state index is 12.8. The predicted molar refractivity (Wildman–Crippen MR) is 104 cm³/mol. The van der Waals surface area contributed by atoms with Gasteiger partial charge in [-0.1, -0.05) is 31.5 Å². The van der Waals surface area contributed by atoms with Crippen molar-refractivity contribution in [2.24, 2.45) is 0 Å². The minimum Gasteiger partial charge on any atom is -0.489 e. The van der Waals surface area contributed by atoms with Crippen LogP contribution in [-0.2, 0) is 16.1 Å². The van der Waals surface area contributed by atoms with Crippen molar-refractivity contribution in [3.63, 3.8) is 0 Å². The van der Waals surface area contributed by atoms with Crippen LogP contribution in [-0.4, -0.2) is 71.9 Å². The number of hydrogen-bond donors (Lipinski definition) is 0. The fourth-order valence-electron chi connectivity index (χ4n) is 3.82. The second-order valence-corrected chi connectivity index (χ2v) is 7.55. The van der Waals surface area contributed by atoms with Crippen LogP contribution in [0.3, 0.4) is 0 Å². The molecule has 0 spiro atoms. The summed E-state index contributed by atoms with van der Waals surface area (Å²) in [6.45, 7) is 8.19. The number of amides is 2. The normalized spacial score (nSPS) is 20.6. The third kappa shape index (κ3) is 5.22. The van der Waals surface area contributed by atoms with E-state index in [2.05, 4.69) is 17.9 Å². The number of rotatable bonds is 5. The van der Waals surface area contributed by atoms with Crippen LogP contribution < -0.4 is 4.74 Å². The Labute approximate surface area is 162 Å². The highest BCUT2D eigenvalue weighted by Crippen LogP contribution is 2.26. The first-order valence-corrected chi connectivity index (χ1v) is 10.1. The molecular weight excluding hydrogens is 342 g/mol. The molecule has 1 aromatic rings. The highest BCUT2D eigenvalue weighted by Gasteiger charge is 2.27. The molecule has 2 amide bonds. The van der Waals surface area contributed by atoms with Gasteiger partial charge in [-0.05, 0) is 18.9 Å². The number of unbranched alkanes of at least 4 members (excludes halogenated alkanes) is 1. The Morgan fingerprint density at radius 3 is 2.52 bits per heavy atom. The first-order chi connectivity index (χ1) is 13.1. The van der Waals surface area contributed by atoms with Gasteiger partial charge in [0.15, 0.2) is 0 Å². The quantitative estimate of drug-likeness (QED) is 0.793. The third-order valence-corrected chi connectivity index (χ3v) is 5.44. The van der Waals surface area contributed by atoms with Gasteiger partial charge in [0.2, 0.25) is 11.8 Å². The molecule has 6 heteroatoms. The van der Waals surface area contributed by atoms with Gasteiger partial charge in [0.1, 0.15) is 11.9 Å². The fraction of sp³-hybridized carbons (Fsp3) is 0.619. The molecule has 0 aliphatic carbocycles. The largest absolute Gasteiger partial charge is 0.489 e. The van der Waals surface area contributed by atoms with E-state index in [9.17, 15) is 9.59 Å². The van der Waals surface area contributed by atoms with Gasteiger partial charge in [-0.15, -0.1) is 0 Å². The Bertz CT molecular complexity index is 656. The monoisotopic (exact) mass is 373 g/mol. The van der Waals surface area contributed by atoms with Gasteiger partial charge in [0.05, 0.1) is 6.54 Å². The molecule has 0 N–H and O–H groups in total. The summed E-state index contributed by atoms with van der Waals surface area (Å²) in [5.74, 6) is 1.18. The summed E-state index contributed by atoms with van der Waals surface area (Å²) >= 11 is 0. The lowest BCUT2D eigenvalue weighted by molar-refractivity contribution is -0.139. The van der Waals surface area contributed by atoms with E-state index in [1.165, 1.54) is 0 Å². The zero-order valence-electron chi connectivity index (χ0n) is 16.5. The molecule has 1 atom stereocenters. The Hall–Kier alpha value is -2.08. The molecule has 2 aliphatic rings. The fourth-order valence-corrected chi connectivity index (χ4v) is 3.82. The highest BCUT2D eigenvalue weighted by atomic mass is 16.5. The SMILES string of the molecule is CCCC[C@@H]1CN(CC(=O)N2CCN(C(C)=O)CC2)Cc2ccccc2O1. The summed E-state index contributed by atoms with van der Waals surface area (Å²) in [5, 5.41) is 0. The molecule has 148 valence electrons. The van der Waals surface area contributed by atoms with Crippen LogP contribution in [0, 0.1) is 0 Å². The number of benzene rings is 1. The highest BCUT2D eigenvalue weighted by molar-refractivity contribution is 5.79. The summed E-state index contributed by atoms with van der Waals surface area (Å²) in [6, 6.07) is 8.14. The minimum atomic E-state index is 0.0853. The molecule has 0 bridgehead atoms. The Kier molecular flexibility index (Phi) is 6.72. The standard InChI is InChI=1S/C21H31N3O3/c1-3-4-8-19-15-22(14-18-7-5-6-9-20(18)27-19)16-21(26)24-12-10-23(11-13-24)17(2)25/h5-7,9,19H,3-4,8,10-16H2,1-2H3/t19-/m1/s1. The number of fused-ring (bicyclic) bond motifs is 1. The van der Waals surface area contributed by atoms with E-state index in [0.717, 1.165) is 43.7 Å². The maximum atomic E-state index is 12.8. The van der Waals surface area contributed by atoms with E-state index in [1.807, 2.05) is 23.1 Å². The molecule has 0 aromatic heterocycles. The molecule has 1 saturated heterocycles. The van der Waals surface area contributed by atoms with Gasteiger partial charge < -0.3 is 14.5 Å². The first kappa shape index (κ1) is 19.7. The van der Waals surface area contributed by atoms with E-state index in [4.69, 9.17) is 4.74 Å². The molecular formula is C21H31N3O3. The Morgan fingerprint density at radius 2 is 1.81 bits per heavy atom. The van der Waals surface area contributed by atoms with Crippen molar-refractivity contribution in [1.82, 2.24) is 14.7 Å². The second-order valence-electron chi connectivity index (χ2n) is 7.55.